The van der Waals surface area contributed by atoms with Crippen molar-refractivity contribution in [1.82, 2.24) is 5.32 Å². The highest BCUT2D eigenvalue weighted by Crippen LogP contribution is 2.33. The zero-order chi connectivity index (χ0) is 13.1. The van der Waals surface area contributed by atoms with Gasteiger partial charge in [-0.25, -0.2) is 0 Å². The number of aromatic hydroxyl groups is 1. The van der Waals surface area contributed by atoms with Gasteiger partial charge in [0.1, 0.15) is 5.75 Å². The molecule has 0 bridgehead atoms. The van der Waals surface area contributed by atoms with Gasteiger partial charge in [-0.3, -0.25) is 0 Å². The van der Waals surface area contributed by atoms with E-state index in [1.807, 2.05) is 6.07 Å². The van der Waals surface area contributed by atoms with Crippen LogP contribution in [0.5, 0.6) is 5.75 Å². The van der Waals surface area contributed by atoms with Crippen molar-refractivity contribution in [3.05, 3.63) is 26.6 Å². The maximum Gasteiger partial charge on any atom is 0.130 e. The molecule has 100 valence electrons. The Morgan fingerprint density at radius 3 is 2.50 bits per heavy atom. The van der Waals surface area contributed by atoms with Gasteiger partial charge in [-0.2, -0.15) is 0 Å². The predicted molar refractivity (Wildman–Crippen MR) is 78.6 cm³/mol. The first kappa shape index (κ1) is 14.3. The molecule has 3 nitrogen and oxygen atoms in total. The third-order valence-electron chi connectivity index (χ3n) is 3.43. The third-order valence-corrected chi connectivity index (χ3v) is 5.06. The van der Waals surface area contributed by atoms with Crippen LogP contribution in [0.4, 0.5) is 0 Å². The van der Waals surface area contributed by atoms with Crippen molar-refractivity contribution in [2.24, 2.45) is 0 Å². The highest BCUT2D eigenvalue weighted by molar-refractivity contribution is 9.11. The Morgan fingerprint density at radius 2 is 1.83 bits per heavy atom. The summed E-state index contributed by atoms with van der Waals surface area (Å²) in [5, 5.41) is 22.6. The highest BCUT2D eigenvalue weighted by atomic mass is 79.9. The highest BCUT2D eigenvalue weighted by Gasteiger charge is 2.19. The number of nitrogens with one attached hydrogen (secondary N) is 1. The number of phenols is 1. The molecule has 1 fully saturated rings. The lowest BCUT2D eigenvalue weighted by atomic mass is 9.93. The molecular weight excluding hydrogens is 362 g/mol. The number of phenolic OH excluding ortho intramolecular Hbond substituents is 1. The number of aliphatic hydroxyl groups excluding tert-OH is 1. The van der Waals surface area contributed by atoms with Gasteiger partial charge in [0.05, 0.1) is 10.6 Å². The van der Waals surface area contributed by atoms with Gasteiger partial charge in [0.2, 0.25) is 0 Å². The molecule has 0 spiro atoms. The molecule has 1 aromatic carbocycles. The molecule has 3 N–H and O–H groups in total. The SMILES string of the molecule is Oc1ccc(Br)c(CNC2CCC(O)CC2)c1Br. The number of rotatable bonds is 3. The molecule has 2 rings (SSSR count). The molecule has 0 aromatic heterocycles. The van der Waals surface area contributed by atoms with Crippen LogP contribution >= 0.6 is 31.9 Å². The molecule has 1 saturated carbocycles. The minimum atomic E-state index is -0.123. The molecule has 0 atom stereocenters. The molecule has 1 aromatic rings. The Bertz CT molecular complexity index is 418. The average Bonchev–Trinajstić information content (AvgIpc) is 2.36. The Balaban J connectivity index is 1.96. The van der Waals surface area contributed by atoms with E-state index in [-0.39, 0.29) is 11.9 Å². The maximum atomic E-state index is 9.67. The van der Waals surface area contributed by atoms with E-state index in [4.69, 9.17) is 0 Å². The normalized spacial score (nSPS) is 24.2. The Kier molecular flexibility index (Phi) is 5.06. The van der Waals surface area contributed by atoms with Crippen LogP contribution in [0.2, 0.25) is 0 Å². The van der Waals surface area contributed by atoms with E-state index >= 15 is 0 Å². The lowest BCUT2D eigenvalue weighted by Crippen LogP contribution is -2.34. The molecule has 0 saturated heterocycles. The first-order chi connectivity index (χ1) is 8.58. The van der Waals surface area contributed by atoms with Crippen LogP contribution in [-0.4, -0.2) is 22.4 Å². The van der Waals surface area contributed by atoms with Crippen LogP contribution in [0.1, 0.15) is 31.2 Å². The van der Waals surface area contributed by atoms with Crippen LogP contribution < -0.4 is 5.32 Å². The minimum absolute atomic E-state index is 0.123. The number of hydrogen-bond donors (Lipinski definition) is 3. The van der Waals surface area contributed by atoms with Gasteiger partial charge in [0, 0.05) is 17.1 Å². The van der Waals surface area contributed by atoms with E-state index in [9.17, 15) is 10.2 Å². The van der Waals surface area contributed by atoms with Gasteiger partial charge in [-0.1, -0.05) is 15.9 Å². The fraction of sp³-hybridized carbons (Fsp3) is 0.538. The molecule has 1 aliphatic carbocycles. The summed E-state index contributed by atoms with van der Waals surface area (Å²) in [6.45, 7) is 0.705. The van der Waals surface area contributed by atoms with Crippen LogP contribution in [0.25, 0.3) is 0 Å². The summed E-state index contributed by atoms with van der Waals surface area (Å²) in [4.78, 5) is 0. The molecule has 0 aliphatic heterocycles. The Morgan fingerprint density at radius 1 is 1.17 bits per heavy atom. The van der Waals surface area contributed by atoms with E-state index in [2.05, 4.69) is 37.2 Å². The summed E-state index contributed by atoms with van der Waals surface area (Å²) >= 11 is 6.90. The summed E-state index contributed by atoms with van der Waals surface area (Å²) in [6, 6.07) is 3.96. The first-order valence-corrected chi connectivity index (χ1v) is 7.74. The van der Waals surface area contributed by atoms with Crippen LogP contribution in [0.15, 0.2) is 21.1 Å². The van der Waals surface area contributed by atoms with Gasteiger partial charge in [-0.05, 0) is 59.3 Å². The predicted octanol–water partition coefficient (Wildman–Crippen LogP) is 3.31. The molecule has 0 unspecified atom stereocenters. The summed E-state index contributed by atoms with van der Waals surface area (Å²) in [5.41, 5.74) is 1.03. The van der Waals surface area contributed by atoms with Crippen molar-refractivity contribution in [3.8, 4) is 5.75 Å². The molecule has 0 amide bonds. The molecule has 0 radical (unpaired) electrons. The standard InChI is InChI=1S/C13H17Br2NO2/c14-11-5-6-12(18)13(15)10(11)7-16-8-1-3-9(17)4-2-8/h5-6,8-9,16-18H,1-4,7H2. The van der Waals surface area contributed by atoms with Gasteiger partial charge in [-0.15, -0.1) is 0 Å². The smallest absolute Gasteiger partial charge is 0.130 e. The van der Waals surface area contributed by atoms with E-state index in [1.54, 1.807) is 6.07 Å². The van der Waals surface area contributed by atoms with E-state index in [1.165, 1.54) is 0 Å². The van der Waals surface area contributed by atoms with E-state index < -0.39 is 0 Å². The summed E-state index contributed by atoms with van der Waals surface area (Å²) in [5.74, 6) is 0.258. The summed E-state index contributed by atoms with van der Waals surface area (Å²) in [7, 11) is 0. The number of benzene rings is 1. The monoisotopic (exact) mass is 377 g/mol. The Labute approximate surface area is 124 Å². The lowest BCUT2D eigenvalue weighted by Gasteiger charge is -2.26. The van der Waals surface area contributed by atoms with Crippen molar-refractivity contribution in [1.29, 1.82) is 0 Å². The number of aliphatic hydroxyl groups is 1. The van der Waals surface area contributed by atoms with E-state index in [0.717, 1.165) is 40.2 Å². The summed E-state index contributed by atoms with van der Waals surface area (Å²) in [6.07, 6.45) is 3.65. The van der Waals surface area contributed by atoms with Gasteiger partial charge < -0.3 is 15.5 Å². The number of halogens is 2. The fourth-order valence-corrected chi connectivity index (χ4v) is 3.50. The second-order valence-electron chi connectivity index (χ2n) is 4.75. The van der Waals surface area contributed by atoms with Crippen molar-refractivity contribution in [2.45, 2.75) is 44.4 Å². The van der Waals surface area contributed by atoms with Crippen molar-refractivity contribution >= 4 is 31.9 Å². The maximum absolute atomic E-state index is 9.67. The molecule has 0 heterocycles. The fourth-order valence-electron chi connectivity index (χ4n) is 2.27. The van der Waals surface area contributed by atoms with Crippen LogP contribution in [0.3, 0.4) is 0 Å². The Hall–Kier alpha value is -0.100. The molecule has 1 aliphatic rings. The topological polar surface area (TPSA) is 52.5 Å². The first-order valence-electron chi connectivity index (χ1n) is 6.15. The van der Waals surface area contributed by atoms with Gasteiger partial charge in [0.25, 0.3) is 0 Å². The van der Waals surface area contributed by atoms with Crippen molar-refractivity contribution in [2.75, 3.05) is 0 Å². The average molecular weight is 379 g/mol. The van der Waals surface area contributed by atoms with Crippen molar-refractivity contribution in [3.63, 3.8) is 0 Å². The van der Waals surface area contributed by atoms with Crippen LogP contribution in [0, 0.1) is 0 Å². The largest absolute Gasteiger partial charge is 0.507 e. The van der Waals surface area contributed by atoms with Crippen molar-refractivity contribution < 1.29 is 10.2 Å². The zero-order valence-electron chi connectivity index (χ0n) is 10.00. The third kappa shape index (κ3) is 3.47. The van der Waals surface area contributed by atoms with E-state index in [0.29, 0.717) is 12.6 Å². The second kappa shape index (κ2) is 6.37. The van der Waals surface area contributed by atoms with Gasteiger partial charge >= 0.3 is 0 Å². The van der Waals surface area contributed by atoms with Gasteiger partial charge in [0.15, 0.2) is 0 Å². The van der Waals surface area contributed by atoms with Crippen LogP contribution in [-0.2, 0) is 6.54 Å². The quantitative estimate of drug-likeness (QED) is 0.756. The molecule has 5 heteroatoms. The lowest BCUT2D eigenvalue weighted by molar-refractivity contribution is 0.116. The summed E-state index contributed by atoms with van der Waals surface area (Å²) < 4.78 is 1.72. The minimum Gasteiger partial charge on any atom is -0.507 e. The second-order valence-corrected chi connectivity index (χ2v) is 6.39. The zero-order valence-corrected chi connectivity index (χ0v) is 13.2. The molecular formula is C13H17Br2NO2. The number of hydrogen-bond acceptors (Lipinski definition) is 3. The molecule has 18 heavy (non-hydrogen) atoms.